The summed E-state index contributed by atoms with van der Waals surface area (Å²) in [5, 5.41) is 8.79. The summed E-state index contributed by atoms with van der Waals surface area (Å²) in [6, 6.07) is 5.64. The molecule has 21 heavy (non-hydrogen) atoms. The van der Waals surface area contributed by atoms with E-state index in [1.807, 2.05) is 32.2 Å². The van der Waals surface area contributed by atoms with E-state index < -0.39 is 0 Å². The second-order valence-electron chi connectivity index (χ2n) is 5.22. The van der Waals surface area contributed by atoms with Crippen molar-refractivity contribution in [3.8, 4) is 0 Å². The molecule has 6 heteroatoms. The van der Waals surface area contributed by atoms with Gasteiger partial charge in [0.1, 0.15) is 0 Å². The lowest BCUT2D eigenvalue weighted by atomic mass is 10.1. The van der Waals surface area contributed by atoms with Gasteiger partial charge in [-0.05, 0) is 43.7 Å². The number of carbonyl (C=O) groups excluding carboxylic acids is 2. The molecule has 1 aromatic rings. The van der Waals surface area contributed by atoms with Crippen LogP contribution in [0.25, 0.3) is 0 Å². The highest BCUT2D eigenvalue weighted by Crippen LogP contribution is 2.25. The van der Waals surface area contributed by atoms with Gasteiger partial charge < -0.3 is 16.0 Å². The number of halogens is 1. The fraction of sp³-hybridized carbons (Fsp3) is 0.467. The number of carbonyl (C=O) groups is 2. The predicted octanol–water partition coefficient (Wildman–Crippen LogP) is 2.18. The molecule has 1 aromatic carbocycles. The molecule has 1 unspecified atom stereocenters. The summed E-state index contributed by atoms with van der Waals surface area (Å²) < 4.78 is 0. The first kappa shape index (κ1) is 17.5. The number of hydrogen-bond acceptors (Lipinski definition) is 3. The molecular formula is C15H22ClN3O2. The maximum atomic E-state index is 12.0. The van der Waals surface area contributed by atoms with Crippen LogP contribution in [0, 0.1) is 5.92 Å². The van der Waals surface area contributed by atoms with Gasteiger partial charge in [-0.15, -0.1) is 12.4 Å². The normalized spacial score (nSPS) is 15.0. The van der Waals surface area contributed by atoms with Gasteiger partial charge in [-0.25, -0.2) is 0 Å². The number of amides is 2. The molecule has 1 aliphatic rings. The van der Waals surface area contributed by atoms with Crippen molar-refractivity contribution in [2.75, 3.05) is 24.2 Å². The zero-order valence-corrected chi connectivity index (χ0v) is 13.2. The molecule has 0 bridgehead atoms. The van der Waals surface area contributed by atoms with Gasteiger partial charge in [0.25, 0.3) is 0 Å². The Morgan fingerprint density at radius 3 is 2.86 bits per heavy atom. The molecule has 1 heterocycles. The van der Waals surface area contributed by atoms with Gasteiger partial charge in [-0.3, -0.25) is 9.59 Å². The van der Waals surface area contributed by atoms with E-state index in [1.54, 1.807) is 0 Å². The van der Waals surface area contributed by atoms with Crippen LogP contribution in [0.2, 0.25) is 0 Å². The Hall–Kier alpha value is -1.59. The van der Waals surface area contributed by atoms with E-state index in [2.05, 4.69) is 16.0 Å². The van der Waals surface area contributed by atoms with Gasteiger partial charge in [-0.1, -0.05) is 6.92 Å². The number of rotatable bonds is 4. The van der Waals surface area contributed by atoms with E-state index >= 15 is 0 Å². The summed E-state index contributed by atoms with van der Waals surface area (Å²) >= 11 is 0. The van der Waals surface area contributed by atoms with Gasteiger partial charge in [0.05, 0.1) is 0 Å². The van der Waals surface area contributed by atoms with Crippen LogP contribution in [-0.2, 0) is 16.0 Å². The fourth-order valence-corrected chi connectivity index (χ4v) is 2.32. The van der Waals surface area contributed by atoms with Gasteiger partial charge in [0.2, 0.25) is 11.8 Å². The van der Waals surface area contributed by atoms with Crippen molar-refractivity contribution in [3.05, 3.63) is 23.8 Å². The van der Waals surface area contributed by atoms with Crippen LogP contribution in [0.4, 0.5) is 11.4 Å². The van der Waals surface area contributed by atoms with E-state index in [4.69, 9.17) is 0 Å². The highest BCUT2D eigenvalue weighted by Gasteiger charge is 2.15. The van der Waals surface area contributed by atoms with Crippen molar-refractivity contribution in [2.45, 2.75) is 26.2 Å². The molecular weight excluding hydrogens is 290 g/mol. The Bertz CT molecular complexity index is 520. The lowest BCUT2D eigenvalue weighted by Gasteiger charge is -2.13. The molecule has 0 aromatic heterocycles. The van der Waals surface area contributed by atoms with Crippen molar-refractivity contribution >= 4 is 35.6 Å². The number of nitrogens with one attached hydrogen (secondary N) is 3. The van der Waals surface area contributed by atoms with Crippen molar-refractivity contribution in [2.24, 2.45) is 5.92 Å². The lowest BCUT2D eigenvalue weighted by Crippen LogP contribution is -2.28. The number of anilines is 2. The highest BCUT2D eigenvalue weighted by atomic mass is 35.5. The molecule has 0 aliphatic carbocycles. The Morgan fingerprint density at radius 1 is 1.38 bits per heavy atom. The van der Waals surface area contributed by atoms with Crippen molar-refractivity contribution in [1.29, 1.82) is 0 Å². The van der Waals surface area contributed by atoms with Crippen molar-refractivity contribution in [1.82, 2.24) is 5.32 Å². The second-order valence-corrected chi connectivity index (χ2v) is 5.22. The molecule has 2 amide bonds. The van der Waals surface area contributed by atoms with Gasteiger partial charge >= 0.3 is 0 Å². The quantitative estimate of drug-likeness (QED) is 0.798. The monoisotopic (exact) mass is 311 g/mol. The van der Waals surface area contributed by atoms with Crippen LogP contribution in [0.5, 0.6) is 0 Å². The van der Waals surface area contributed by atoms with Crippen LogP contribution in [0.1, 0.15) is 25.3 Å². The number of fused-ring (bicyclic) bond motifs is 1. The summed E-state index contributed by atoms with van der Waals surface area (Å²) in [5.74, 6) is -0.0290. The Labute approximate surface area is 131 Å². The van der Waals surface area contributed by atoms with Gasteiger partial charge in [0, 0.05) is 30.3 Å². The first-order valence-corrected chi connectivity index (χ1v) is 6.98. The molecule has 0 spiro atoms. The molecule has 0 radical (unpaired) electrons. The minimum atomic E-state index is -0.0847. The third-order valence-corrected chi connectivity index (χ3v) is 3.45. The summed E-state index contributed by atoms with van der Waals surface area (Å²) in [4.78, 5) is 23.5. The molecule has 1 aliphatic heterocycles. The predicted molar refractivity (Wildman–Crippen MR) is 87.0 cm³/mol. The molecule has 3 N–H and O–H groups in total. The first-order chi connectivity index (χ1) is 9.60. The Kier molecular flexibility index (Phi) is 6.65. The molecule has 0 saturated carbocycles. The highest BCUT2D eigenvalue weighted by molar-refractivity contribution is 5.95. The van der Waals surface area contributed by atoms with Crippen molar-refractivity contribution < 1.29 is 9.59 Å². The minimum Gasteiger partial charge on any atom is -0.326 e. The van der Waals surface area contributed by atoms with Gasteiger partial charge in [0.15, 0.2) is 0 Å². The van der Waals surface area contributed by atoms with E-state index in [1.165, 1.54) is 0 Å². The molecule has 2 rings (SSSR count). The molecule has 5 nitrogen and oxygen atoms in total. The Balaban J connectivity index is 0.00000220. The third-order valence-electron chi connectivity index (χ3n) is 3.45. The summed E-state index contributed by atoms with van der Waals surface area (Å²) in [6.07, 6.45) is 2.24. The maximum absolute atomic E-state index is 12.0. The topological polar surface area (TPSA) is 70.2 Å². The van der Waals surface area contributed by atoms with Crippen LogP contribution in [0.15, 0.2) is 18.2 Å². The Morgan fingerprint density at radius 2 is 2.14 bits per heavy atom. The molecule has 0 saturated heterocycles. The summed E-state index contributed by atoms with van der Waals surface area (Å²) in [5.41, 5.74) is 2.72. The molecule has 116 valence electrons. The van der Waals surface area contributed by atoms with E-state index in [0.29, 0.717) is 13.0 Å². The zero-order chi connectivity index (χ0) is 14.5. The number of benzene rings is 1. The third kappa shape index (κ3) is 4.72. The minimum absolute atomic E-state index is 0. The number of aryl methyl sites for hydroxylation is 1. The molecule has 0 fully saturated rings. The second kappa shape index (κ2) is 8.00. The van der Waals surface area contributed by atoms with Crippen LogP contribution in [0.3, 0.4) is 0 Å². The average molecular weight is 312 g/mol. The standard InChI is InChI=1S/C15H21N3O2.ClH/c1-10(9-16-2)15(20)17-12-6-7-13-11(8-12)4-3-5-14(19)18-13;/h6-8,10,16H,3-5,9H2,1-2H3,(H,17,20)(H,18,19);1H. The van der Waals surface area contributed by atoms with Crippen LogP contribution in [-0.4, -0.2) is 25.4 Å². The van der Waals surface area contributed by atoms with E-state index in [9.17, 15) is 9.59 Å². The van der Waals surface area contributed by atoms with Gasteiger partial charge in [-0.2, -0.15) is 0 Å². The smallest absolute Gasteiger partial charge is 0.228 e. The van der Waals surface area contributed by atoms with E-state index in [-0.39, 0.29) is 30.1 Å². The largest absolute Gasteiger partial charge is 0.326 e. The maximum Gasteiger partial charge on any atom is 0.228 e. The summed E-state index contributed by atoms with van der Waals surface area (Å²) in [7, 11) is 1.83. The SMILES string of the molecule is CNCC(C)C(=O)Nc1ccc2c(c1)CCCC(=O)N2.Cl. The lowest BCUT2D eigenvalue weighted by molar-refractivity contribution is -0.119. The van der Waals surface area contributed by atoms with Crippen LogP contribution < -0.4 is 16.0 Å². The fourth-order valence-electron chi connectivity index (χ4n) is 2.32. The van der Waals surface area contributed by atoms with Crippen molar-refractivity contribution in [3.63, 3.8) is 0 Å². The number of hydrogen-bond donors (Lipinski definition) is 3. The van der Waals surface area contributed by atoms with E-state index in [0.717, 1.165) is 29.8 Å². The van der Waals surface area contributed by atoms with Crippen LogP contribution >= 0.6 is 12.4 Å². The first-order valence-electron chi connectivity index (χ1n) is 6.98. The molecule has 1 atom stereocenters. The zero-order valence-electron chi connectivity index (χ0n) is 12.4. The average Bonchev–Trinajstić information content (AvgIpc) is 2.59. The summed E-state index contributed by atoms with van der Waals surface area (Å²) in [6.45, 7) is 2.53.